The summed E-state index contributed by atoms with van der Waals surface area (Å²) in [6, 6.07) is 5.41. The highest BCUT2D eigenvalue weighted by Gasteiger charge is 2.16. The van der Waals surface area contributed by atoms with Gasteiger partial charge in [0.15, 0.2) is 0 Å². The maximum Gasteiger partial charge on any atom is 0.335 e. The summed E-state index contributed by atoms with van der Waals surface area (Å²) in [5.74, 6) is -0.792. The Morgan fingerprint density at radius 2 is 1.67 bits per heavy atom. The zero-order valence-corrected chi connectivity index (χ0v) is 10.6. The van der Waals surface area contributed by atoms with Gasteiger partial charge < -0.3 is 9.84 Å². The third kappa shape index (κ3) is 6.94. The molecule has 1 aromatic carbocycles. The van der Waals surface area contributed by atoms with E-state index >= 15 is 0 Å². The highest BCUT2D eigenvalue weighted by atomic mass is 17.1. The fraction of sp³-hybridized carbons (Fsp3) is 0.300. The second kappa shape index (κ2) is 8.46. The molecule has 0 heterocycles. The van der Waals surface area contributed by atoms with Crippen molar-refractivity contribution in [2.45, 2.75) is 6.10 Å². The fourth-order valence-corrected chi connectivity index (χ4v) is 1.28. The third-order valence-electron chi connectivity index (χ3n) is 2.16. The molecule has 1 unspecified atom stereocenters. The molecule has 0 radical (unpaired) electrons. The lowest BCUT2D eigenvalue weighted by molar-refractivity contribution is -0.527. The number of hydrogen-bond donors (Lipinski definition) is 5. The van der Waals surface area contributed by atoms with Crippen LogP contribution >= 0.6 is 0 Å². The van der Waals surface area contributed by atoms with Gasteiger partial charge in [0, 0.05) is 0 Å². The molecule has 0 bridgehead atoms. The van der Waals surface area contributed by atoms with Crippen LogP contribution in [0.25, 0.3) is 0 Å². The zero-order chi connectivity index (χ0) is 15.8. The molecule has 0 aliphatic rings. The van der Waals surface area contributed by atoms with Gasteiger partial charge in [-0.05, 0) is 24.3 Å². The smallest absolute Gasteiger partial charge is 0.335 e. The van der Waals surface area contributed by atoms with Crippen LogP contribution in [0, 0.1) is 0 Å². The Balaban J connectivity index is 2.52. The van der Waals surface area contributed by atoms with Crippen molar-refractivity contribution in [1.82, 2.24) is 10.8 Å². The van der Waals surface area contributed by atoms with Gasteiger partial charge in [0.25, 0.3) is 0 Å². The summed E-state index contributed by atoms with van der Waals surface area (Å²) >= 11 is 0. The van der Waals surface area contributed by atoms with E-state index in [0.29, 0.717) is 5.75 Å². The second-order valence-electron chi connectivity index (χ2n) is 3.67. The van der Waals surface area contributed by atoms with E-state index in [-0.39, 0.29) is 12.2 Å². The van der Waals surface area contributed by atoms with Crippen molar-refractivity contribution in [2.75, 3.05) is 13.2 Å². The van der Waals surface area contributed by atoms with Crippen molar-refractivity contribution in [3.63, 3.8) is 0 Å². The standard InChI is InChI=1S/C10H14N2O9/c13-10(14)7-1-3-8(4-2-7)19-5-9(21-12(17)18)6-20-11(15)16/h1-4,9,15-18H,5-6H2,(H,13,14). The van der Waals surface area contributed by atoms with Gasteiger partial charge in [-0.1, -0.05) is 0 Å². The number of aromatic carboxylic acids is 1. The molecule has 1 atom stereocenters. The minimum absolute atomic E-state index is 0.0755. The molecule has 1 rings (SSSR count). The highest BCUT2D eigenvalue weighted by Crippen LogP contribution is 2.13. The molecule has 0 spiro atoms. The van der Waals surface area contributed by atoms with Crippen LogP contribution in [0.5, 0.6) is 5.75 Å². The molecule has 11 nitrogen and oxygen atoms in total. The van der Waals surface area contributed by atoms with Crippen LogP contribution < -0.4 is 4.74 Å². The van der Waals surface area contributed by atoms with E-state index < -0.39 is 29.5 Å². The third-order valence-corrected chi connectivity index (χ3v) is 2.16. The lowest BCUT2D eigenvalue weighted by atomic mass is 10.2. The van der Waals surface area contributed by atoms with Gasteiger partial charge in [-0.25, -0.2) is 14.5 Å². The van der Waals surface area contributed by atoms with Crippen LogP contribution in [0.4, 0.5) is 0 Å². The summed E-state index contributed by atoms with van der Waals surface area (Å²) in [5.41, 5.74) is 0.0755. The largest absolute Gasteiger partial charge is 0.491 e. The van der Waals surface area contributed by atoms with Gasteiger partial charge in [-0.2, -0.15) is 0 Å². The Labute approximate surface area is 118 Å². The van der Waals surface area contributed by atoms with Crippen LogP contribution in [0.15, 0.2) is 24.3 Å². The first kappa shape index (κ1) is 17.2. The number of carbonyl (C=O) groups is 1. The van der Waals surface area contributed by atoms with Gasteiger partial charge in [-0.3, -0.25) is 20.8 Å². The maximum atomic E-state index is 10.7. The minimum atomic E-state index is -1.10. The number of benzene rings is 1. The van der Waals surface area contributed by atoms with E-state index in [0.717, 1.165) is 0 Å². The van der Waals surface area contributed by atoms with Crippen LogP contribution in [-0.4, -0.2) is 62.0 Å². The molecule has 0 fully saturated rings. The molecule has 1 aromatic rings. The number of carboxylic acids is 1. The number of nitrogens with zero attached hydrogens (tertiary/aromatic N) is 2. The summed E-state index contributed by atoms with van der Waals surface area (Å²) in [5, 5.41) is 41.4. The van der Waals surface area contributed by atoms with E-state index in [1.807, 2.05) is 0 Å². The van der Waals surface area contributed by atoms with E-state index in [2.05, 4.69) is 9.68 Å². The first-order valence-electron chi connectivity index (χ1n) is 5.50. The molecule has 0 aromatic heterocycles. The van der Waals surface area contributed by atoms with Crippen molar-refractivity contribution in [3.05, 3.63) is 29.8 Å². The van der Waals surface area contributed by atoms with Crippen LogP contribution in [-0.2, 0) is 9.68 Å². The van der Waals surface area contributed by atoms with Gasteiger partial charge in [-0.15, -0.1) is 0 Å². The fourth-order valence-electron chi connectivity index (χ4n) is 1.28. The number of rotatable bonds is 9. The number of ether oxygens (including phenoxy) is 1. The summed E-state index contributed by atoms with van der Waals surface area (Å²) in [6.07, 6.45) is -1.10. The van der Waals surface area contributed by atoms with Crippen LogP contribution in [0.1, 0.15) is 10.4 Å². The first-order valence-corrected chi connectivity index (χ1v) is 5.50. The van der Waals surface area contributed by atoms with Crippen molar-refractivity contribution >= 4 is 5.97 Å². The van der Waals surface area contributed by atoms with Gasteiger partial charge in [0.1, 0.15) is 25.1 Å². The summed E-state index contributed by atoms with van der Waals surface area (Å²) in [4.78, 5) is 19.4. The normalized spacial score (nSPS) is 12.7. The molecule has 11 heteroatoms. The van der Waals surface area contributed by atoms with E-state index in [1.165, 1.54) is 24.3 Å². The van der Waals surface area contributed by atoms with E-state index in [4.69, 9.17) is 30.7 Å². The minimum Gasteiger partial charge on any atom is -0.491 e. The average molecular weight is 306 g/mol. The van der Waals surface area contributed by atoms with Crippen LogP contribution in [0.3, 0.4) is 0 Å². The topological polar surface area (TPSA) is 152 Å². The Morgan fingerprint density at radius 3 is 2.14 bits per heavy atom. The molecule has 0 saturated heterocycles. The average Bonchev–Trinajstić information content (AvgIpc) is 2.41. The van der Waals surface area contributed by atoms with Crippen molar-refractivity contribution < 1.29 is 45.1 Å². The molecule has 0 saturated carbocycles. The molecule has 0 aliphatic heterocycles. The molecular formula is C10H14N2O9. The van der Waals surface area contributed by atoms with Gasteiger partial charge in [0.2, 0.25) is 0 Å². The molecule has 21 heavy (non-hydrogen) atoms. The Hall–Kier alpha value is -1.83. The molecular weight excluding hydrogens is 292 g/mol. The number of carboxylic acid groups (broad SMARTS) is 1. The summed E-state index contributed by atoms with van der Waals surface area (Å²) in [7, 11) is 0. The lowest BCUT2D eigenvalue weighted by Crippen LogP contribution is -2.35. The van der Waals surface area contributed by atoms with Gasteiger partial charge in [0.05, 0.1) is 16.3 Å². The highest BCUT2D eigenvalue weighted by molar-refractivity contribution is 5.87. The monoisotopic (exact) mass is 306 g/mol. The maximum absolute atomic E-state index is 10.7. The van der Waals surface area contributed by atoms with Crippen molar-refractivity contribution in [2.24, 2.45) is 0 Å². The summed E-state index contributed by atoms with van der Waals surface area (Å²) in [6.45, 7) is -0.726. The molecule has 0 aliphatic carbocycles. The second-order valence-corrected chi connectivity index (χ2v) is 3.67. The Kier molecular flexibility index (Phi) is 6.93. The lowest BCUT2D eigenvalue weighted by Gasteiger charge is -2.19. The van der Waals surface area contributed by atoms with E-state index in [1.54, 1.807) is 0 Å². The predicted octanol–water partition coefficient (Wildman–Crippen LogP) is 0.156. The first-order chi connectivity index (χ1) is 9.88. The molecule has 5 N–H and O–H groups in total. The van der Waals surface area contributed by atoms with Gasteiger partial charge >= 0.3 is 5.97 Å². The molecule has 118 valence electrons. The number of hydrogen-bond acceptors (Lipinski definition) is 10. The predicted molar refractivity (Wildman–Crippen MR) is 60.5 cm³/mol. The Bertz CT molecular complexity index is 437. The van der Waals surface area contributed by atoms with Crippen molar-refractivity contribution in [1.29, 1.82) is 0 Å². The van der Waals surface area contributed by atoms with Crippen LogP contribution in [0.2, 0.25) is 0 Å². The van der Waals surface area contributed by atoms with E-state index in [9.17, 15) is 4.79 Å². The SMILES string of the molecule is O=C(O)c1ccc(OCC(CON(O)O)ON(O)O)cc1. The Morgan fingerprint density at radius 1 is 1.05 bits per heavy atom. The molecule has 0 amide bonds. The van der Waals surface area contributed by atoms with Crippen molar-refractivity contribution in [3.8, 4) is 5.75 Å². The summed E-state index contributed by atoms with van der Waals surface area (Å²) < 4.78 is 5.21. The quantitative estimate of drug-likeness (QED) is 0.396. The zero-order valence-electron chi connectivity index (χ0n) is 10.6.